The minimum atomic E-state index is -3.67. The lowest BCUT2D eigenvalue weighted by molar-refractivity contribution is -0.119. The molecule has 1 aliphatic carbocycles. The molecule has 1 amide bonds. The summed E-state index contributed by atoms with van der Waals surface area (Å²) in [5, 5.41) is 0. The van der Waals surface area contributed by atoms with Crippen molar-refractivity contribution in [1.29, 1.82) is 0 Å². The van der Waals surface area contributed by atoms with Crippen LogP contribution in [0.2, 0.25) is 0 Å². The van der Waals surface area contributed by atoms with Crippen molar-refractivity contribution in [3.8, 4) is 5.75 Å². The van der Waals surface area contributed by atoms with Crippen LogP contribution in [-0.2, 0) is 21.2 Å². The molecule has 2 aliphatic rings. The Balaban J connectivity index is 1.52. The van der Waals surface area contributed by atoms with Crippen LogP contribution in [0, 0.1) is 5.92 Å². The minimum Gasteiger partial charge on any atom is -0.497 e. The van der Waals surface area contributed by atoms with Crippen LogP contribution in [0.15, 0.2) is 47.4 Å². The van der Waals surface area contributed by atoms with Gasteiger partial charge in [-0.1, -0.05) is 12.1 Å². The second-order valence-corrected chi connectivity index (χ2v) is 9.13. The lowest BCUT2D eigenvalue weighted by atomic mass is 10.1. The molecule has 0 saturated heterocycles. The summed E-state index contributed by atoms with van der Waals surface area (Å²) in [4.78, 5) is 14.4. The predicted octanol–water partition coefficient (Wildman–Crippen LogP) is 3.03. The summed E-state index contributed by atoms with van der Waals surface area (Å²) in [6, 6.07) is 12.0. The van der Waals surface area contributed by atoms with E-state index in [0.717, 1.165) is 35.4 Å². The van der Waals surface area contributed by atoms with E-state index < -0.39 is 10.0 Å². The Hall–Kier alpha value is -2.38. The van der Waals surface area contributed by atoms with Crippen molar-refractivity contribution in [2.24, 2.45) is 5.92 Å². The Morgan fingerprint density at radius 1 is 1.18 bits per heavy atom. The van der Waals surface area contributed by atoms with Crippen molar-refractivity contribution < 1.29 is 17.9 Å². The van der Waals surface area contributed by atoms with Crippen LogP contribution in [0.25, 0.3) is 0 Å². The average Bonchev–Trinajstić information content (AvgIpc) is 3.46. The van der Waals surface area contributed by atoms with Gasteiger partial charge in [0.05, 0.1) is 12.0 Å². The molecule has 2 aromatic carbocycles. The van der Waals surface area contributed by atoms with Crippen molar-refractivity contribution in [3.63, 3.8) is 0 Å². The third kappa shape index (κ3) is 3.64. The van der Waals surface area contributed by atoms with E-state index >= 15 is 0 Å². The summed E-state index contributed by atoms with van der Waals surface area (Å²) >= 11 is 0. The SMILES string of the molecule is COc1ccc([C@H](C)NS(=O)(=O)c2ccc3c(c2)CCN3C(=O)C2CC2)cc1. The van der Waals surface area contributed by atoms with Crippen LogP contribution >= 0.6 is 0 Å². The number of nitrogens with one attached hydrogen (secondary N) is 1. The molecule has 1 atom stereocenters. The van der Waals surface area contributed by atoms with Crippen molar-refractivity contribution in [2.75, 3.05) is 18.6 Å². The smallest absolute Gasteiger partial charge is 0.241 e. The Morgan fingerprint density at radius 3 is 2.54 bits per heavy atom. The summed E-state index contributed by atoms with van der Waals surface area (Å²) in [6.45, 7) is 2.44. The number of rotatable bonds is 6. The summed E-state index contributed by atoms with van der Waals surface area (Å²) in [5.74, 6) is 1.05. The zero-order chi connectivity index (χ0) is 19.9. The first-order chi connectivity index (χ1) is 13.4. The molecule has 7 heteroatoms. The topological polar surface area (TPSA) is 75.7 Å². The molecule has 6 nitrogen and oxygen atoms in total. The van der Waals surface area contributed by atoms with E-state index in [1.54, 1.807) is 42.3 Å². The van der Waals surface area contributed by atoms with Gasteiger partial charge >= 0.3 is 0 Å². The van der Waals surface area contributed by atoms with Gasteiger partial charge in [0, 0.05) is 24.2 Å². The Bertz CT molecular complexity index is 998. The molecule has 28 heavy (non-hydrogen) atoms. The number of benzene rings is 2. The van der Waals surface area contributed by atoms with Gasteiger partial charge in [-0.15, -0.1) is 0 Å². The molecule has 0 spiro atoms. The number of amides is 1. The number of hydrogen-bond donors (Lipinski definition) is 1. The number of ether oxygens (including phenoxy) is 1. The molecule has 0 radical (unpaired) electrons. The quantitative estimate of drug-likeness (QED) is 0.809. The van der Waals surface area contributed by atoms with Gasteiger partial charge in [0.15, 0.2) is 0 Å². The molecular formula is C21H24N2O4S. The Kier molecular flexibility index (Phi) is 4.89. The standard InChI is InChI=1S/C21H24N2O4S/c1-14(15-5-7-18(27-2)8-6-15)22-28(25,26)19-9-10-20-17(13-19)11-12-23(20)21(24)16-3-4-16/h5-10,13-14,16,22H,3-4,11-12H2,1-2H3/t14-/m0/s1. The largest absolute Gasteiger partial charge is 0.497 e. The number of hydrogen-bond acceptors (Lipinski definition) is 4. The number of carbonyl (C=O) groups excluding carboxylic acids is 1. The lowest BCUT2D eigenvalue weighted by Gasteiger charge is -2.18. The average molecular weight is 401 g/mol. The maximum Gasteiger partial charge on any atom is 0.241 e. The molecule has 1 heterocycles. The van der Waals surface area contributed by atoms with Crippen LogP contribution in [0.5, 0.6) is 5.75 Å². The third-order valence-corrected chi connectivity index (χ3v) is 6.94. The molecule has 0 aromatic heterocycles. The highest BCUT2D eigenvalue weighted by atomic mass is 32.2. The summed E-state index contributed by atoms with van der Waals surface area (Å²) in [7, 11) is -2.08. The van der Waals surface area contributed by atoms with Gasteiger partial charge in [-0.2, -0.15) is 0 Å². The van der Waals surface area contributed by atoms with Crippen LogP contribution in [0.1, 0.15) is 36.9 Å². The molecule has 1 fully saturated rings. The monoisotopic (exact) mass is 400 g/mol. The van der Waals surface area contributed by atoms with E-state index in [4.69, 9.17) is 4.74 Å². The van der Waals surface area contributed by atoms with Gasteiger partial charge in [0.2, 0.25) is 15.9 Å². The van der Waals surface area contributed by atoms with E-state index in [9.17, 15) is 13.2 Å². The minimum absolute atomic E-state index is 0.154. The Labute approximate surface area is 165 Å². The van der Waals surface area contributed by atoms with Crippen molar-refractivity contribution in [1.82, 2.24) is 4.72 Å². The fraction of sp³-hybridized carbons (Fsp3) is 0.381. The zero-order valence-electron chi connectivity index (χ0n) is 16.0. The van der Waals surface area contributed by atoms with Crippen LogP contribution in [-0.4, -0.2) is 28.0 Å². The summed E-state index contributed by atoms with van der Waals surface area (Å²) in [6.07, 6.45) is 2.61. The van der Waals surface area contributed by atoms with Crippen LogP contribution in [0.3, 0.4) is 0 Å². The molecule has 1 N–H and O–H groups in total. The van der Waals surface area contributed by atoms with Gasteiger partial charge in [0.1, 0.15) is 5.75 Å². The number of sulfonamides is 1. The second kappa shape index (κ2) is 7.22. The molecule has 1 saturated carbocycles. The number of carbonyl (C=O) groups is 1. The fourth-order valence-electron chi connectivity index (χ4n) is 3.59. The highest BCUT2D eigenvalue weighted by molar-refractivity contribution is 7.89. The first kappa shape index (κ1) is 19.0. The molecule has 2 aromatic rings. The van der Waals surface area contributed by atoms with Gasteiger partial charge in [-0.25, -0.2) is 13.1 Å². The van der Waals surface area contributed by atoms with E-state index in [2.05, 4.69) is 4.72 Å². The molecule has 0 bridgehead atoms. The normalized spacial score (nSPS) is 17.3. The highest BCUT2D eigenvalue weighted by Crippen LogP contribution is 2.37. The van der Waals surface area contributed by atoms with Gasteiger partial charge in [-0.3, -0.25) is 4.79 Å². The first-order valence-electron chi connectivity index (χ1n) is 9.49. The van der Waals surface area contributed by atoms with E-state index in [-0.39, 0.29) is 22.8 Å². The number of fused-ring (bicyclic) bond motifs is 1. The Morgan fingerprint density at radius 2 is 1.89 bits per heavy atom. The predicted molar refractivity (Wildman–Crippen MR) is 107 cm³/mol. The van der Waals surface area contributed by atoms with Gasteiger partial charge in [0.25, 0.3) is 0 Å². The summed E-state index contributed by atoms with van der Waals surface area (Å²) < 4.78 is 33.6. The third-order valence-electron chi connectivity index (χ3n) is 5.40. The first-order valence-corrected chi connectivity index (χ1v) is 11.0. The fourth-order valence-corrected chi connectivity index (χ4v) is 4.87. The number of methoxy groups -OCH3 is 1. The molecular weight excluding hydrogens is 376 g/mol. The van der Waals surface area contributed by atoms with Crippen molar-refractivity contribution in [2.45, 2.75) is 37.1 Å². The van der Waals surface area contributed by atoms with E-state index in [1.807, 2.05) is 19.1 Å². The molecule has 1 aliphatic heterocycles. The van der Waals surface area contributed by atoms with Crippen LogP contribution < -0.4 is 14.4 Å². The second-order valence-electron chi connectivity index (χ2n) is 7.42. The van der Waals surface area contributed by atoms with Gasteiger partial charge < -0.3 is 9.64 Å². The van der Waals surface area contributed by atoms with E-state index in [1.165, 1.54) is 0 Å². The van der Waals surface area contributed by atoms with Crippen molar-refractivity contribution in [3.05, 3.63) is 53.6 Å². The van der Waals surface area contributed by atoms with E-state index in [0.29, 0.717) is 13.0 Å². The van der Waals surface area contributed by atoms with Crippen molar-refractivity contribution >= 4 is 21.6 Å². The maximum absolute atomic E-state index is 12.9. The molecule has 148 valence electrons. The van der Waals surface area contributed by atoms with Gasteiger partial charge in [-0.05, 0) is 67.6 Å². The number of nitrogens with zero attached hydrogens (tertiary/aromatic N) is 1. The number of anilines is 1. The summed E-state index contributed by atoms with van der Waals surface area (Å²) in [5.41, 5.74) is 2.61. The lowest BCUT2D eigenvalue weighted by Crippen LogP contribution is -2.30. The molecule has 4 rings (SSSR count). The maximum atomic E-state index is 12.9. The highest BCUT2D eigenvalue weighted by Gasteiger charge is 2.36. The zero-order valence-corrected chi connectivity index (χ0v) is 16.8. The molecule has 0 unspecified atom stereocenters. The van der Waals surface area contributed by atoms with Crippen LogP contribution in [0.4, 0.5) is 5.69 Å².